The Balaban J connectivity index is 1.77. The molecule has 0 saturated carbocycles. The average molecular weight is 278 g/mol. The van der Waals surface area contributed by atoms with Crippen LogP contribution in [0.1, 0.15) is 6.42 Å². The van der Waals surface area contributed by atoms with Crippen LogP contribution < -0.4 is 10.2 Å². The van der Waals surface area contributed by atoms with Gasteiger partial charge in [0.1, 0.15) is 0 Å². The van der Waals surface area contributed by atoms with E-state index in [-0.39, 0.29) is 18.6 Å². The number of aliphatic hydroxyl groups excluding tert-OH is 1. The summed E-state index contributed by atoms with van der Waals surface area (Å²) in [6.45, 7) is 2.57. The number of nitrogens with zero attached hydrogens (tertiary/aromatic N) is 3. The molecule has 2 fully saturated rings. The van der Waals surface area contributed by atoms with Crippen molar-refractivity contribution < 1.29 is 14.6 Å². The van der Waals surface area contributed by atoms with E-state index >= 15 is 0 Å². The summed E-state index contributed by atoms with van der Waals surface area (Å²) < 4.78 is 7.00. The zero-order chi connectivity index (χ0) is 13.9. The van der Waals surface area contributed by atoms with Gasteiger partial charge in [0, 0.05) is 37.1 Å². The molecule has 2 N–H and O–H groups in total. The minimum absolute atomic E-state index is 0.0262. The molecule has 0 spiro atoms. The molecule has 1 atom stereocenters. The lowest BCUT2D eigenvalue weighted by atomic mass is 10.2. The summed E-state index contributed by atoms with van der Waals surface area (Å²) in [5.74, 6) is 0.768. The minimum Gasteiger partial charge on any atom is -0.394 e. The molecule has 1 aromatic heterocycles. The van der Waals surface area contributed by atoms with Gasteiger partial charge in [0.25, 0.3) is 0 Å². The standard InChI is InChI=1S/C13H18N4O3/c18-8-11-9-20-6-5-17(11)12-2-4-16(15-12)7-10-1-3-14-13(10)19/h2,4,7,11,18H,1,3,5-6,8-9H2,(H,14,19)/b10-7-. The molecule has 2 aliphatic heterocycles. The van der Waals surface area contributed by atoms with Gasteiger partial charge in [0.15, 0.2) is 5.82 Å². The first kappa shape index (κ1) is 13.1. The maximum Gasteiger partial charge on any atom is 0.248 e. The van der Waals surface area contributed by atoms with Gasteiger partial charge >= 0.3 is 0 Å². The maximum atomic E-state index is 11.5. The van der Waals surface area contributed by atoms with Crippen LogP contribution >= 0.6 is 0 Å². The highest BCUT2D eigenvalue weighted by Crippen LogP contribution is 2.18. The van der Waals surface area contributed by atoms with Crippen LogP contribution in [0.15, 0.2) is 17.8 Å². The molecule has 3 rings (SSSR count). The quantitative estimate of drug-likeness (QED) is 0.725. The first-order valence-electron chi connectivity index (χ1n) is 6.77. The molecule has 20 heavy (non-hydrogen) atoms. The lowest BCUT2D eigenvalue weighted by molar-refractivity contribution is -0.116. The number of amides is 1. The molecule has 3 heterocycles. The summed E-state index contributed by atoms with van der Waals surface area (Å²) in [7, 11) is 0. The lowest BCUT2D eigenvalue weighted by Gasteiger charge is -2.34. The van der Waals surface area contributed by atoms with Crippen molar-refractivity contribution in [1.82, 2.24) is 15.1 Å². The number of aliphatic hydroxyl groups is 1. The number of carbonyl (C=O) groups excluding carboxylic acids is 1. The van der Waals surface area contributed by atoms with E-state index in [1.54, 1.807) is 10.9 Å². The Bertz CT molecular complexity index is 525. The number of morpholine rings is 1. The summed E-state index contributed by atoms with van der Waals surface area (Å²) in [6, 6.07) is 1.83. The fourth-order valence-corrected chi connectivity index (χ4v) is 2.48. The van der Waals surface area contributed by atoms with Gasteiger partial charge in [-0.1, -0.05) is 0 Å². The molecule has 0 aliphatic carbocycles. The third-order valence-corrected chi connectivity index (χ3v) is 3.59. The average Bonchev–Trinajstić information content (AvgIpc) is 3.09. The molecule has 7 nitrogen and oxygen atoms in total. The van der Waals surface area contributed by atoms with Gasteiger partial charge in [0.05, 0.1) is 25.9 Å². The molecular formula is C13H18N4O3. The number of hydrogen-bond donors (Lipinski definition) is 2. The zero-order valence-electron chi connectivity index (χ0n) is 11.2. The van der Waals surface area contributed by atoms with Gasteiger partial charge in [-0.25, -0.2) is 4.68 Å². The van der Waals surface area contributed by atoms with Crippen molar-refractivity contribution in [3.05, 3.63) is 17.8 Å². The van der Waals surface area contributed by atoms with Gasteiger partial charge in [-0.2, -0.15) is 5.10 Å². The van der Waals surface area contributed by atoms with E-state index in [0.717, 1.165) is 17.8 Å². The van der Waals surface area contributed by atoms with Crippen LogP contribution in [-0.2, 0) is 9.53 Å². The Morgan fingerprint density at radius 3 is 3.25 bits per heavy atom. The van der Waals surface area contributed by atoms with Crippen molar-refractivity contribution in [2.75, 3.05) is 37.8 Å². The predicted molar refractivity (Wildman–Crippen MR) is 73.2 cm³/mol. The van der Waals surface area contributed by atoms with Gasteiger partial charge in [-0.3, -0.25) is 4.79 Å². The maximum absolute atomic E-state index is 11.5. The molecule has 0 bridgehead atoms. The molecule has 1 unspecified atom stereocenters. The van der Waals surface area contributed by atoms with Crippen molar-refractivity contribution in [2.45, 2.75) is 12.5 Å². The van der Waals surface area contributed by atoms with E-state index < -0.39 is 0 Å². The minimum atomic E-state index is -0.0606. The van der Waals surface area contributed by atoms with Gasteiger partial charge in [-0.05, 0) is 6.42 Å². The fourth-order valence-electron chi connectivity index (χ4n) is 2.48. The third kappa shape index (κ3) is 2.54. The number of rotatable bonds is 3. The van der Waals surface area contributed by atoms with E-state index in [1.165, 1.54) is 0 Å². The highest BCUT2D eigenvalue weighted by atomic mass is 16.5. The second kappa shape index (κ2) is 5.64. The van der Waals surface area contributed by atoms with Crippen molar-refractivity contribution in [1.29, 1.82) is 0 Å². The van der Waals surface area contributed by atoms with Gasteiger partial charge in [0.2, 0.25) is 5.91 Å². The highest BCUT2D eigenvalue weighted by Gasteiger charge is 2.24. The molecule has 0 aromatic carbocycles. The number of aromatic nitrogens is 2. The SMILES string of the molecule is O=C1NCC/C1=C/n1ccc(N2CCOCC2CO)n1. The monoisotopic (exact) mass is 278 g/mol. The first-order valence-corrected chi connectivity index (χ1v) is 6.77. The smallest absolute Gasteiger partial charge is 0.248 e. The number of anilines is 1. The summed E-state index contributed by atoms with van der Waals surface area (Å²) >= 11 is 0. The van der Waals surface area contributed by atoms with E-state index in [4.69, 9.17) is 4.74 Å². The second-order valence-electron chi connectivity index (χ2n) is 4.92. The Labute approximate surface area is 116 Å². The molecule has 2 aliphatic rings. The topological polar surface area (TPSA) is 79.6 Å². The van der Waals surface area contributed by atoms with E-state index in [1.807, 2.05) is 17.2 Å². The first-order chi connectivity index (χ1) is 9.78. The van der Waals surface area contributed by atoms with E-state index in [0.29, 0.717) is 26.3 Å². The van der Waals surface area contributed by atoms with Crippen LogP contribution in [0.2, 0.25) is 0 Å². The van der Waals surface area contributed by atoms with E-state index in [2.05, 4.69) is 10.4 Å². The number of nitrogens with one attached hydrogen (secondary N) is 1. The largest absolute Gasteiger partial charge is 0.394 e. The molecule has 0 radical (unpaired) electrons. The van der Waals surface area contributed by atoms with Crippen LogP contribution in [0.3, 0.4) is 0 Å². The van der Waals surface area contributed by atoms with Crippen LogP contribution in [-0.4, -0.2) is 59.7 Å². The Morgan fingerprint density at radius 2 is 2.50 bits per heavy atom. The Hall–Kier alpha value is -1.86. The molecule has 7 heteroatoms. The van der Waals surface area contributed by atoms with Crippen molar-refractivity contribution >= 4 is 17.9 Å². The highest BCUT2D eigenvalue weighted by molar-refractivity contribution is 5.98. The fraction of sp³-hybridized carbons (Fsp3) is 0.538. The van der Waals surface area contributed by atoms with Crippen LogP contribution in [0.25, 0.3) is 6.20 Å². The lowest BCUT2D eigenvalue weighted by Crippen LogP contribution is -2.47. The Kier molecular flexibility index (Phi) is 3.70. The normalized spacial score (nSPS) is 25.2. The van der Waals surface area contributed by atoms with Crippen LogP contribution in [0.4, 0.5) is 5.82 Å². The zero-order valence-corrected chi connectivity index (χ0v) is 11.2. The summed E-state index contributed by atoms with van der Waals surface area (Å²) in [5.41, 5.74) is 0.736. The van der Waals surface area contributed by atoms with Crippen molar-refractivity contribution in [3.63, 3.8) is 0 Å². The molecule has 1 amide bonds. The van der Waals surface area contributed by atoms with Gasteiger partial charge < -0.3 is 20.1 Å². The van der Waals surface area contributed by atoms with Crippen LogP contribution in [0.5, 0.6) is 0 Å². The number of ether oxygens (including phenoxy) is 1. The molecular weight excluding hydrogens is 260 g/mol. The van der Waals surface area contributed by atoms with Crippen molar-refractivity contribution in [3.8, 4) is 0 Å². The third-order valence-electron chi connectivity index (χ3n) is 3.59. The van der Waals surface area contributed by atoms with Crippen LogP contribution in [0, 0.1) is 0 Å². The number of carbonyl (C=O) groups is 1. The Morgan fingerprint density at radius 1 is 1.60 bits per heavy atom. The van der Waals surface area contributed by atoms with Crippen molar-refractivity contribution in [2.24, 2.45) is 0 Å². The molecule has 108 valence electrons. The summed E-state index contributed by atoms with van der Waals surface area (Å²) in [4.78, 5) is 13.5. The summed E-state index contributed by atoms with van der Waals surface area (Å²) in [5, 5.41) is 16.6. The van der Waals surface area contributed by atoms with E-state index in [9.17, 15) is 9.90 Å². The predicted octanol–water partition coefficient (Wildman–Crippen LogP) is -0.559. The van der Waals surface area contributed by atoms with Gasteiger partial charge in [-0.15, -0.1) is 0 Å². The molecule has 1 aromatic rings. The molecule has 2 saturated heterocycles. The number of hydrogen-bond acceptors (Lipinski definition) is 5. The summed E-state index contributed by atoms with van der Waals surface area (Å²) in [6.07, 6.45) is 4.29. The second-order valence-corrected chi connectivity index (χ2v) is 4.92.